The molecule has 0 spiro atoms. The maximum absolute atomic E-state index is 11.7. The van der Waals surface area contributed by atoms with E-state index in [0.29, 0.717) is 6.42 Å². The Morgan fingerprint density at radius 2 is 1.58 bits per heavy atom. The van der Waals surface area contributed by atoms with Crippen molar-refractivity contribution < 1.29 is 4.79 Å². The first-order chi connectivity index (χ1) is 11.6. The van der Waals surface area contributed by atoms with Gasteiger partial charge in [-0.1, -0.05) is 64.0 Å². The zero-order chi connectivity index (χ0) is 17.6. The van der Waals surface area contributed by atoms with Crippen molar-refractivity contribution in [1.29, 1.82) is 0 Å². The third-order valence-electron chi connectivity index (χ3n) is 4.07. The summed E-state index contributed by atoms with van der Waals surface area (Å²) in [4.78, 5) is 13.8. The van der Waals surface area contributed by atoms with Gasteiger partial charge < -0.3 is 4.90 Å². The van der Waals surface area contributed by atoms with Crippen LogP contribution in [0, 0.1) is 0 Å². The van der Waals surface area contributed by atoms with Crippen LogP contribution in [0.4, 0.5) is 5.69 Å². The van der Waals surface area contributed by atoms with Gasteiger partial charge >= 0.3 is 0 Å². The Labute approximate surface area is 147 Å². The third-order valence-corrected chi connectivity index (χ3v) is 4.07. The minimum Gasteiger partial charge on any atom is -0.378 e. The average molecular weight is 332 g/mol. The van der Waals surface area contributed by atoms with Gasteiger partial charge in [-0.2, -0.15) is 5.10 Å². The molecule has 4 nitrogen and oxygen atoms in total. The zero-order valence-corrected chi connectivity index (χ0v) is 15.6. The second-order valence-electron chi connectivity index (χ2n) is 6.50. The number of hydrazone groups is 1. The van der Waals surface area contributed by atoms with Crippen molar-refractivity contribution in [2.24, 2.45) is 5.10 Å². The molecular weight excluding hydrogens is 298 g/mol. The molecule has 0 fully saturated rings. The summed E-state index contributed by atoms with van der Waals surface area (Å²) in [5.74, 6) is 0.00199. The topological polar surface area (TPSA) is 44.7 Å². The van der Waals surface area contributed by atoms with Crippen molar-refractivity contribution in [2.45, 2.75) is 64.7 Å². The van der Waals surface area contributed by atoms with E-state index in [1.165, 1.54) is 38.5 Å². The van der Waals surface area contributed by atoms with Crippen LogP contribution in [0.5, 0.6) is 0 Å². The van der Waals surface area contributed by atoms with Gasteiger partial charge in [0, 0.05) is 26.2 Å². The summed E-state index contributed by atoms with van der Waals surface area (Å²) >= 11 is 0. The van der Waals surface area contributed by atoms with Crippen LogP contribution < -0.4 is 10.3 Å². The summed E-state index contributed by atoms with van der Waals surface area (Å²) in [6.45, 7) is 2.24. The Balaban J connectivity index is 2.10. The first-order valence-corrected chi connectivity index (χ1v) is 9.22. The molecule has 0 heterocycles. The molecule has 0 saturated carbocycles. The van der Waals surface area contributed by atoms with E-state index in [4.69, 9.17) is 0 Å². The van der Waals surface area contributed by atoms with Crippen LogP contribution >= 0.6 is 0 Å². The molecule has 0 atom stereocenters. The molecule has 0 aliphatic carbocycles. The van der Waals surface area contributed by atoms with Crippen molar-refractivity contribution in [3.63, 3.8) is 0 Å². The molecule has 1 rings (SSSR count). The first-order valence-electron chi connectivity index (χ1n) is 9.22. The quantitative estimate of drug-likeness (QED) is 0.342. The molecule has 134 valence electrons. The lowest BCUT2D eigenvalue weighted by atomic mass is 10.1. The van der Waals surface area contributed by atoms with Gasteiger partial charge in [0.05, 0.1) is 6.21 Å². The second-order valence-corrected chi connectivity index (χ2v) is 6.50. The van der Waals surface area contributed by atoms with Crippen molar-refractivity contribution >= 4 is 17.8 Å². The Morgan fingerprint density at radius 3 is 2.17 bits per heavy atom. The predicted molar refractivity (Wildman–Crippen MR) is 104 cm³/mol. The van der Waals surface area contributed by atoms with Crippen molar-refractivity contribution in [3.05, 3.63) is 29.8 Å². The fourth-order valence-corrected chi connectivity index (χ4v) is 2.51. The lowest BCUT2D eigenvalue weighted by Crippen LogP contribution is -2.16. The number of amides is 1. The second kappa shape index (κ2) is 12.6. The highest BCUT2D eigenvalue weighted by Crippen LogP contribution is 2.11. The Kier molecular flexibility index (Phi) is 10.6. The summed E-state index contributed by atoms with van der Waals surface area (Å²) in [5, 5.41) is 4.03. The number of carbonyl (C=O) groups is 1. The highest BCUT2D eigenvalue weighted by Gasteiger charge is 1.99. The predicted octanol–water partition coefficient (Wildman–Crippen LogP) is 4.73. The molecule has 1 aromatic carbocycles. The molecule has 1 amide bonds. The number of carbonyl (C=O) groups excluding carboxylic acids is 1. The summed E-state index contributed by atoms with van der Waals surface area (Å²) in [5.41, 5.74) is 4.73. The lowest BCUT2D eigenvalue weighted by Gasteiger charge is -2.11. The normalized spacial score (nSPS) is 11.0. The van der Waals surface area contributed by atoms with E-state index in [2.05, 4.69) is 17.5 Å². The number of rotatable bonds is 12. The number of nitrogens with zero attached hydrogens (tertiary/aromatic N) is 2. The molecule has 0 aromatic heterocycles. The molecule has 0 aliphatic rings. The zero-order valence-electron chi connectivity index (χ0n) is 15.6. The van der Waals surface area contributed by atoms with Gasteiger partial charge in [-0.25, -0.2) is 5.43 Å². The maximum Gasteiger partial charge on any atom is 0.240 e. The van der Waals surface area contributed by atoms with E-state index < -0.39 is 0 Å². The standard InChI is InChI=1S/C20H33N3O/c1-4-5-6-7-8-9-10-11-12-20(24)22-21-17-18-13-15-19(16-14-18)23(2)3/h13-17H,4-12H2,1-3H3,(H,22,24). The molecule has 1 N–H and O–H groups in total. The fourth-order valence-electron chi connectivity index (χ4n) is 2.51. The monoisotopic (exact) mass is 331 g/mol. The van der Waals surface area contributed by atoms with Crippen LogP contribution in [0.3, 0.4) is 0 Å². The van der Waals surface area contributed by atoms with Crippen LogP contribution in [-0.4, -0.2) is 26.2 Å². The van der Waals surface area contributed by atoms with Gasteiger partial charge in [0.15, 0.2) is 0 Å². The van der Waals surface area contributed by atoms with Crippen LogP contribution in [0.1, 0.15) is 70.3 Å². The highest BCUT2D eigenvalue weighted by atomic mass is 16.2. The van der Waals surface area contributed by atoms with Gasteiger partial charge in [-0.3, -0.25) is 4.79 Å². The van der Waals surface area contributed by atoms with Crippen molar-refractivity contribution in [1.82, 2.24) is 5.43 Å². The molecule has 0 bridgehead atoms. The van der Waals surface area contributed by atoms with E-state index in [9.17, 15) is 4.79 Å². The molecular formula is C20H33N3O. The number of benzene rings is 1. The molecule has 24 heavy (non-hydrogen) atoms. The van der Waals surface area contributed by atoms with E-state index >= 15 is 0 Å². The van der Waals surface area contributed by atoms with Gasteiger partial charge in [0.25, 0.3) is 0 Å². The molecule has 0 saturated heterocycles. The van der Waals surface area contributed by atoms with Crippen LogP contribution in [0.2, 0.25) is 0 Å². The Hall–Kier alpha value is -1.84. The molecule has 0 aliphatic heterocycles. The van der Waals surface area contributed by atoms with E-state index in [1.54, 1.807) is 6.21 Å². The van der Waals surface area contributed by atoms with Gasteiger partial charge in [-0.15, -0.1) is 0 Å². The SMILES string of the molecule is CCCCCCCCCCC(=O)NN=Cc1ccc(N(C)C)cc1. The first kappa shape index (κ1) is 20.2. The lowest BCUT2D eigenvalue weighted by molar-refractivity contribution is -0.121. The Bertz CT molecular complexity index is 480. The number of anilines is 1. The van der Waals surface area contributed by atoms with Gasteiger partial charge in [0.2, 0.25) is 5.91 Å². The van der Waals surface area contributed by atoms with Crippen LogP contribution in [0.15, 0.2) is 29.4 Å². The smallest absolute Gasteiger partial charge is 0.240 e. The number of nitrogens with one attached hydrogen (secondary N) is 1. The number of unbranched alkanes of at least 4 members (excludes halogenated alkanes) is 7. The third kappa shape index (κ3) is 9.33. The molecule has 4 heteroatoms. The fraction of sp³-hybridized carbons (Fsp3) is 0.600. The molecule has 1 aromatic rings. The average Bonchev–Trinajstić information content (AvgIpc) is 2.57. The Morgan fingerprint density at radius 1 is 1.00 bits per heavy atom. The van der Waals surface area contributed by atoms with E-state index in [0.717, 1.165) is 24.1 Å². The summed E-state index contributed by atoms with van der Waals surface area (Å²) in [6, 6.07) is 8.04. The highest BCUT2D eigenvalue weighted by molar-refractivity contribution is 5.82. The largest absolute Gasteiger partial charge is 0.378 e. The minimum atomic E-state index is 0.00199. The number of hydrogen-bond acceptors (Lipinski definition) is 3. The minimum absolute atomic E-state index is 0.00199. The van der Waals surface area contributed by atoms with Crippen LogP contribution in [-0.2, 0) is 4.79 Å². The molecule has 0 unspecified atom stereocenters. The summed E-state index contributed by atoms with van der Waals surface area (Å²) < 4.78 is 0. The van der Waals surface area contributed by atoms with E-state index in [1.807, 2.05) is 43.3 Å². The van der Waals surface area contributed by atoms with Crippen molar-refractivity contribution in [3.8, 4) is 0 Å². The van der Waals surface area contributed by atoms with Crippen molar-refractivity contribution in [2.75, 3.05) is 19.0 Å². The van der Waals surface area contributed by atoms with Gasteiger partial charge in [-0.05, 0) is 24.1 Å². The maximum atomic E-state index is 11.7. The van der Waals surface area contributed by atoms with Crippen LogP contribution in [0.25, 0.3) is 0 Å². The molecule has 0 radical (unpaired) electrons. The van der Waals surface area contributed by atoms with E-state index in [-0.39, 0.29) is 5.91 Å². The van der Waals surface area contributed by atoms with Gasteiger partial charge in [0.1, 0.15) is 0 Å². The summed E-state index contributed by atoms with van der Waals surface area (Å²) in [7, 11) is 4.02. The summed E-state index contributed by atoms with van der Waals surface area (Å²) in [6.07, 6.45) is 12.2. The number of hydrogen-bond donors (Lipinski definition) is 1.